The molecular weight excluding hydrogens is 1230 g/mol. The molecule has 554 valence electrons. The second-order valence-electron chi connectivity index (χ2n) is 28.5. The normalized spacial score (nSPS) is 11.6. The molecule has 12 nitrogen and oxygen atoms in total. The summed E-state index contributed by atoms with van der Waals surface area (Å²) in [6.45, 7) is 15.4. The van der Waals surface area contributed by atoms with Crippen molar-refractivity contribution in [2.24, 2.45) is 0 Å². The molecule has 13 heteroatoms. The lowest BCUT2D eigenvalue weighted by Crippen LogP contribution is -2.08. The number of benzene rings is 4. The van der Waals surface area contributed by atoms with E-state index in [9.17, 15) is 20.2 Å². The maximum Gasteiger partial charge on any atom is 0.323 e. The number of ether oxygens (including phenoxy) is 6. The number of hydrogen-bond donors (Lipinski definition) is 0. The third-order valence-electron chi connectivity index (χ3n) is 19.8. The molecule has 0 unspecified atom stereocenters. The highest BCUT2D eigenvalue weighted by molar-refractivity contribution is 6.43. The monoisotopic (exact) mass is 1370 g/mol. The largest absolute Gasteiger partial charge is 0.490 e. The molecule has 0 aliphatic rings. The number of hydrogen-bond acceptors (Lipinski definition) is 10. The molecule has 0 heterocycles. The highest BCUT2D eigenvalue weighted by atomic mass is 35.5. The molecule has 0 saturated heterocycles. The number of nitro groups is 2. The van der Waals surface area contributed by atoms with Crippen LogP contribution in [0.15, 0.2) is 18.2 Å². The molecule has 4 rings (SSSR count). The van der Waals surface area contributed by atoms with Crippen LogP contribution in [-0.2, 0) is 0 Å². The Morgan fingerprint density at radius 1 is 0.258 bits per heavy atom. The second-order valence-corrected chi connectivity index (χ2v) is 28.8. The fourth-order valence-corrected chi connectivity index (χ4v) is 14.2. The van der Waals surface area contributed by atoms with E-state index in [2.05, 4.69) is 41.5 Å². The Morgan fingerprint density at radius 2 is 0.454 bits per heavy atom. The van der Waals surface area contributed by atoms with Gasteiger partial charge in [-0.05, 0) is 62.1 Å². The predicted molar refractivity (Wildman–Crippen MR) is 414 cm³/mol. The number of fused-ring (bicyclic) bond motifs is 6. The molecule has 0 fully saturated rings. The fourth-order valence-electron chi connectivity index (χ4n) is 13.9. The lowest BCUT2D eigenvalue weighted by Gasteiger charge is -2.22. The van der Waals surface area contributed by atoms with Crippen LogP contribution in [0, 0.1) is 20.2 Å². The third kappa shape index (κ3) is 33.7. The number of unbranched alkanes of at least 4 members (excludes halogenated alkanes) is 48. The van der Waals surface area contributed by atoms with Crippen LogP contribution in [0.2, 0.25) is 5.02 Å². The first-order valence-corrected chi connectivity index (χ1v) is 41.4. The molecule has 0 radical (unpaired) electrons. The van der Waals surface area contributed by atoms with Crippen molar-refractivity contribution >= 4 is 55.3 Å². The Bertz CT molecular complexity index is 2680. The van der Waals surface area contributed by atoms with E-state index in [0.717, 1.165) is 128 Å². The molecular formula is C84H141ClN2O10. The number of rotatable bonds is 68. The maximum atomic E-state index is 14.5. The van der Waals surface area contributed by atoms with Crippen LogP contribution >= 0.6 is 11.6 Å². The van der Waals surface area contributed by atoms with Gasteiger partial charge in [0.2, 0.25) is 11.5 Å². The van der Waals surface area contributed by atoms with Gasteiger partial charge in [0.05, 0.1) is 65.3 Å². The van der Waals surface area contributed by atoms with Crippen LogP contribution in [0.25, 0.3) is 32.3 Å². The minimum absolute atomic E-state index is 0.0120. The van der Waals surface area contributed by atoms with Crippen LogP contribution in [-0.4, -0.2) is 49.5 Å². The Morgan fingerprint density at radius 3 is 0.711 bits per heavy atom. The average Bonchev–Trinajstić information content (AvgIpc) is 0.703. The summed E-state index contributed by atoms with van der Waals surface area (Å²) in [7, 11) is 0. The molecule has 97 heavy (non-hydrogen) atoms. The first-order valence-electron chi connectivity index (χ1n) is 41.0. The van der Waals surface area contributed by atoms with E-state index >= 15 is 0 Å². The van der Waals surface area contributed by atoms with Crippen molar-refractivity contribution in [2.45, 2.75) is 388 Å². The van der Waals surface area contributed by atoms with E-state index in [1.54, 1.807) is 6.07 Å². The summed E-state index contributed by atoms with van der Waals surface area (Å²) in [6, 6.07) is 5.51. The van der Waals surface area contributed by atoms with Crippen molar-refractivity contribution in [3.05, 3.63) is 43.5 Å². The zero-order valence-corrected chi connectivity index (χ0v) is 63.8. The van der Waals surface area contributed by atoms with E-state index < -0.39 is 4.92 Å². The molecule has 0 spiro atoms. The summed E-state index contributed by atoms with van der Waals surface area (Å²) in [5.74, 6) is 1.23. The lowest BCUT2D eigenvalue weighted by molar-refractivity contribution is -0.384. The van der Waals surface area contributed by atoms with Crippen molar-refractivity contribution in [1.29, 1.82) is 0 Å². The summed E-state index contributed by atoms with van der Waals surface area (Å²) in [5.41, 5.74) is -0.640. The molecule has 4 aromatic carbocycles. The summed E-state index contributed by atoms with van der Waals surface area (Å²) in [4.78, 5) is 28.1. The van der Waals surface area contributed by atoms with E-state index in [4.69, 9.17) is 40.0 Å². The zero-order valence-electron chi connectivity index (χ0n) is 63.0. The van der Waals surface area contributed by atoms with Gasteiger partial charge in [-0.2, -0.15) is 0 Å². The van der Waals surface area contributed by atoms with Crippen LogP contribution in [0.4, 0.5) is 11.4 Å². The molecule has 0 aliphatic carbocycles. The third-order valence-corrected chi connectivity index (χ3v) is 20.2. The molecule has 0 N–H and O–H groups in total. The van der Waals surface area contributed by atoms with Crippen molar-refractivity contribution in [3.8, 4) is 34.5 Å². The van der Waals surface area contributed by atoms with Gasteiger partial charge in [-0.1, -0.05) is 361 Å². The first kappa shape index (κ1) is 85.0. The molecule has 0 amide bonds. The average molecular weight is 1370 g/mol. The number of nitro benzene ring substituents is 2. The predicted octanol–water partition coefficient (Wildman–Crippen LogP) is 29.1. The molecule has 4 aromatic rings. The molecule has 0 aliphatic heterocycles. The summed E-state index contributed by atoms with van der Waals surface area (Å²) < 4.78 is 40.7. The van der Waals surface area contributed by atoms with Crippen LogP contribution in [0.5, 0.6) is 34.5 Å². The van der Waals surface area contributed by atoms with Gasteiger partial charge in [0.25, 0.3) is 0 Å². The SMILES string of the molecule is CCCCCCCCCCCOc1cc2c3cc(OCCCCCCCCCCC)c(OCCCCCCCCCCC)c(Cl)c3c3c([N+](=O)[O-])c(OCCCCCCCCCCC)c(OCCCCCCCCCCC)cc3c2c([N+](=O)[O-])c1OCCCCCCCCCCC. The van der Waals surface area contributed by atoms with Gasteiger partial charge >= 0.3 is 11.4 Å². The molecule has 0 bridgehead atoms. The van der Waals surface area contributed by atoms with Crippen LogP contribution in [0.1, 0.15) is 388 Å². The van der Waals surface area contributed by atoms with E-state index in [1.165, 1.54) is 205 Å². The maximum absolute atomic E-state index is 14.5. The summed E-state index contributed by atoms with van der Waals surface area (Å²) in [5, 5.41) is 30.9. The van der Waals surface area contributed by atoms with Crippen molar-refractivity contribution < 1.29 is 38.3 Å². The highest BCUT2D eigenvalue weighted by Gasteiger charge is 2.36. The smallest absolute Gasteiger partial charge is 0.323 e. The number of nitrogens with zero attached hydrogens (tertiary/aromatic N) is 2. The minimum Gasteiger partial charge on any atom is -0.490 e. The van der Waals surface area contributed by atoms with Crippen LogP contribution in [0.3, 0.4) is 0 Å². The van der Waals surface area contributed by atoms with Gasteiger partial charge in [0.15, 0.2) is 23.0 Å². The Hall–Kier alpha value is -4.45. The van der Waals surface area contributed by atoms with Crippen LogP contribution < -0.4 is 28.4 Å². The molecule has 0 saturated carbocycles. The van der Waals surface area contributed by atoms with Crippen molar-refractivity contribution in [3.63, 3.8) is 0 Å². The highest BCUT2D eigenvalue weighted by Crippen LogP contribution is 2.57. The Kier molecular flexibility index (Phi) is 49.2. The van der Waals surface area contributed by atoms with E-state index in [0.29, 0.717) is 66.9 Å². The van der Waals surface area contributed by atoms with E-state index in [1.807, 2.05) is 12.1 Å². The topological polar surface area (TPSA) is 142 Å². The van der Waals surface area contributed by atoms with E-state index in [-0.39, 0.29) is 73.7 Å². The fraction of sp³-hybridized carbons (Fsp3) is 0.786. The van der Waals surface area contributed by atoms with Crippen molar-refractivity contribution in [2.75, 3.05) is 39.6 Å². The Balaban J connectivity index is 2.02. The second kappa shape index (κ2) is 56.2. The first-order chi connectivity index (χ1) is 47.7. The van der Waals surface area contributed by atoms with Gasteiger partial charge in [-0.15, -0.1) is 0 Å². The Labute approximate surface area is 596 Å². The zero-order chi connectivity index (χ0) is 69.6. The van der Waals surface area contributed by atoms with Gasteiger partial charge in [0, 0.05) is 16.2 Å². The molecule has 0 aromatic heterocycles. The summed E-state index contributed by atoms with van der Waals surface area (Å²) in [6.07, 6.45) is 61.0. The van der Waals surface area contributed by atoms with Gasteiger partial charge in [0.1, 0.15) is 0 Å². The van der Waals surface area contributed by atoms with Gasteiger partial charge < -0.3 is 28.4 Å². The minimum atomic E-state index is -0.395. The quantitative estimate of drug-likeness (QED) is 0.0181. The summed E-state index contributed by atoms with van der Waals surface area (Å²) >= 11 is 7.96. The lowest BCUT2D eigenvalue weighted by atomic mass is 9.90. The molecule has 0 atom stereocenters. The van der Waals surface area contributed by atoms with Gasteiger partial charge in [-0.25, -0.2) is 0 Å². The standard InChI is InChI=1S/C84H141ClN2O10/c1-7-13-19-25-31-37-43-49-55-61-92-73-68-71-70-67-74(93-62-56-50-44-38-32-26-20-14-8-2)83(96-65-59-53-47-41-35-29-23-17-11-5)80(86(88)89)76(70)72-69-75(94-63-57-51-45-39-33-27-21-15-9-3)84(97-66-60-54-48-42-36-30-24-18-12-6)81(87(90)91)78(72)77(71)79(85)82(73)95-64-58-52-46-40-34-28-22-16-10-4/h67-69H,7-66H2,1-6H3. The van der Waals surface area contributed by atoms with Crippen molar-refractivity contribution in [1.82, 2.24) is 0 Å². The van der Waals surface area contributed by atoms with Gasteiger partial charge in [-0.3, -0.25) is 20.2 Å². The number of halogens is 1.